The minimum absolute atomic E-state index is 0.607. The van der Waals surface area contributed by atoms with Crippen molar-refractivity contribution in [1.82, 2.24) is 20.3 Å². The highest BCUT2D eigenvalue weighted by Gasteiger charge is 2.14. The van der Waals surface area contributed by atoms with Crippen LogP contribution in [0.1, 0.15) is 12.0 Å². The number of benzene rings is 1. The Bertz CT molecular complexity index is 892. The zero-order valence-corrected chi connectivity index (χ0v) is 15.2. The van der Waals surface area contributed by atoms with Crippen molar-refractivity contribution in [1.29, 1.82) is 0 Å². The smallest absolute Gasteiger partial charge is 0.0901 e. The first kappa shape index (κ1) is 17.0. The molecule has 6 nitrogen and oxygen atoms in total. The Balaban J connectivity index is 1.56. The van der Waals surface area contributed by atoms with Gasteiger partial charge in [-0.15, -0.1) is 0 Å². The standard InChI is InChI=1S/C19H21ClN6/c20-15-11-17-16(23-5-6-24-17)10-14(15)12-25-18-13-22-4-2-19(18)26-8-1-3-21-7-9-26/h2,4-6,10-11,13,21,25H,1,3,7-9,12H2. The van der Waals surface area contributed by atoms with Gasteiger partial charge in [0.15, 0.2) is 0 Å². The van der Waals surface area contributed by atoms with Crippen molar-refractivity contribution in [2.45, 2.75) is 13.0 Å². The van der Waals surface area contributed by atoms with Crippen LogP contribution in [-0.2, 0) is 6.54 Å². The Kier molecular flexibility index (Phi) is 5.13. The number of halogens is 1. The van der Waals surface area contributed by atoms with E-state index in [1.54, 1.807) is 12.4 Å². The van der Waals surface area contributed by atoms with E-state index < -0.39 is 0 Å². The molecule has 1 aliphatic heterocycles. The molecule has 0 saturated carbocycles. The van der Waals surface area contributed by atoms with Gasteiger partial charge < -0.3 is 15.5 Å². The fourth-order valence-electron chi connectivity index (χ4n) is 3.24. The number of aromatic nitrogens is 3. The van der Waals surface area contributed by atoms with Crippen LogP contribution in [0.2, 0.25) is 5.02 Å². The zero-order chi connectivity index (χ0) is 17.8. The van der Waals surface area contributed by atoms with Crippen LogP contribution in [0.15, 0.2) is 43.0 Å². The van der Waals surface area contributed by atoms with Gasteiger partial charge in [-0.05, 0) is 36.7 Å². The molecule has 0 unspecified atom stereocenters. The molecule has 1 aromatic carbocycles. The summed E-state index contributed by atoms with van der Waals surface area (Å²) in [7, 11) is 0. The van der Waals surface area contributed by atoms with Gasteiger partial charge in [0, 0.05) is 49.8 Å². The molecule has 3 aromatic rings. The van der Waals surface area contributed by atoms with Crippen molar-refractivity contribution in [3.8, 4) is 0 Å². The second-order valence-corrected chi connectivity index (χ2v) is 6.73. The molecule has 2 aromatic heterocycles. The van der Waals surface area contributed by atoms with Crippen LogP contribution in [0.25, 0.3) is 11.0 Å². The highest BCUT2D eigenvalue weighted by atomic mass is 35.5. The van der Waals surface area contributed by atoms with E-state index >= 15 is 0 Å². The first-order chi connectivity index (χ1) is 12.8. The Hall–Kier alpha value is -2.44. The van der Waals surface area contributed by atoms with Crippen LogP contribution in [0, 0.1) is 0 Å². The van der Waals surface area contributed by atoms with Gasteiger partial charge in [-0.1, -0.05) is 11.6 Å². The minimum Gasteiger partial charge on any atom is -0.378 e. The molecule has 1 fully saturated rings. The molecule has 3 heterocycles. The van der Waals surface area contributed by atoms with Crippen LogP contribution < -0.4 is 15.5 Å². The Morgan fingerprint density at radius 2 is 1.92 bits per heavy atom. The molecule has 134 valence electrons. The average molecular weight is 369 g/mol. The number of pyridine rings is 1. The molecule has 0 aliphatic carbocycles. The summed E-state index contributed by atoms with van der Waals surface area (Å²) in [6, 6.07) is 5.93. The summed E-state index contributed by atoms with van der Waals surface area (Å²) in [5.41, 5.74) is 4.84. The van der Waals surface area contributed by atoms with Crippen LogP contribution >= 0.6 is 11.6 Å². The number of nitrogens with one attached hydrogen (secondary N) is 2. The lowest BCUT2D eigenvalue weighted by molar-refractivity contribution is 0.724. The van der Waals surface area contributed by atoms with Gasteiger partial charge in [0.2, 0.25) is 0 Å². The number of anilines is 2. The summed E-state index contributed by atoms with van der Waals surface area (Å²) < 4.78 is 0. The first-order valence-electron chi connectivity index (χ1n) is 8.84. The Labute approximate surface area is 157 Å². The van der Waals surface area contributed by atoms with E-state index in [9.17, 15) is 0 Å². The summed E-state index contributed by atoms with van der Waals surface area (Å²) >= 11 is 6.44. The maximum absolute atomic E-state index is 6.44. The van der Waals surface area contributed by atoms with Gasteiger partial charge >= 0.3 is 0 Å². The second kappa shape index (κ2) is 7.85. The fourth-order valence-corrected chi connectivity index (χ4v) is 3.47. The van der Waals surface area contributed by atoms with Gasteiger partial charge in [0.25, 0.3) is 0 Å². The van der Waals surface area contributed by atoms with Gasteiger partial charge in [-0.25, -0.2) is 0 Å². The van der Waals surface area contributed by atoms with E-state index in [1.807, 2.05) is 24.5 Å². The van der Waals surface area contributed by atoms with Crippen LogP contribution in [0.4, 0.5) is 11.4 Å². The van der Waals surface area contributed by atoms with Gasteiger partial charge in [-0.3, -0.25) is 15.0 Å². The summed E-state index contributed by atoms with van der Waals surface area (Å²) in [5.74, 6) is 0. The molecule has 0 spiro atoms. The number of rotatable bonds is 4. The minimum atomic E-state index is 0.607. The summed E-state index contributed by atoms with van der Waals surface area (Å²) in [5, 5.41) is 7.63. The molecule has 0 radical (unpaired) electrons. The lowest BCUT2D eigenvalue weighted by Crippen LogP contribution is -2.28. The average Bonchev–Trinajstić information content (AvgIpc) is 2.96. The van der Waals surface area contributed by atoms with E-state index in [0.717, 1.165) is 54.9 Å². The number of hydrogen-bond donors (Lipinski definition) is 2. The molecule has 7 heteroatoms. The van der Waals surface area contributed by atoms with E-state index in [1.165, 1.54) is 5.69 Å². The molecular formula is C19H21ClN6. The summed E-state index contributed by atoms with van der Waals surface area (Å²) in [6.45, 7) is 4.70. The van der Waals surface area contributed by atoms with Crippen molar-refractivity contribution < 1.29 is 0 Å². The van der Waals surface area contributed by atoms with Crippen molar-refractivity contribution in [3.63, 3.8) is 0 Å². The number of nitrogens with zero attached hydrogens (tertiary/aromatic N) is 4. The SMILES string of the molecule is Clc1cc2nccnc2cc1CNc1cnccc1N1CCCNCC1. The highest BCUT2D eigenvalue weighted by molar-refractivity contribution is 6.32. The number of hydrogen-bond acceptors (Lipinski definition) is 6. The van der Waals surface area contributed by atoms with Crippen molar-refractivity contribution in [2.24, 2.45) is 0 Å². The highest BCUT2D eigenvalue weighted by Crippen LogP contribution is 2.27. The largest absolute Gasteiger partial charge is 0.378 e. The van der Waals surface area contributed by atoms with E-state index in [2.05, 4.69) is 36.6 Å². The van der Waals surface area contributed by atoms with Crippen LogP contribution in [-0.4, -0.2) is 41.1 Å². The third-order valence-corrected chi connectivity index (χ3v) is 4.94. The van der Waals surface area contributed by atoms with E-state index in [0.29, 0.717) is 11.6 Å². The maximum atomic E-state index is 6.44. The normalized spacial score (nSPS) is 15.0. The van der Waals surface area contributed by atoms with Gasteiger partial charge in [-0.2, -0.15) is 0 Å². The molecule has 0 bridgehead atoms. The molecule has 2 N–H and O–H groups in total. The third kappa shape index (κ3) is 3.71. The van der Waals surface area contributed by atoms with Crippen molar-refractivity contribution in [2.75, 3.05) is 36.4 Å². The molecule has 26 heavy (non-hydrogen) atoms. The summed E-state index contributed by atoms with van der Waals surface area (Å²) in [6.07, 6.45) is 8.23. The number of fused-ring (bicyclic) bond motifs is 1. The lowest BCUT2D eigenvalue weighted by atomic mass is 10.2. The predicted molar refractivity (Wildman–Crippen MR) is 106 cm³/mol. The molecule has 4 rings (SSSR count). The topological polar surface area (TPSA) is 66.0 Å². The van der Waals surface area contributed by atoms with Crippen molar-refractivity contribution in [3.05, 3.63) is 53.6 Å². The molecule has 0 atom stereocenters. The monoisotopic (exact) mass is 368 g/mol. The lowest BCUT2D eigenvalue weighted by Gasteiger charge is -2.25. The van der Waals surface area contributed by atoms with E-state index in [4.69, 9.17) is 11.6 Å². The maximum Gasteiger partial charge on any atom is 0.0901 e. The third-order valence-electron chi connectivity index (χ3n) is 4.59. The quantitative estimate of drug-likeness (QED) is 0.737. The second-order valence-electron chi connectivity index (χ2n) is 6.33. The Morgan fingerprint density at radius 1 is 1.08 bits per heavy atom. The van der Waals surface area contributed by atoms with Gasteiger partial charge in [0.05, 0.1) is 28.6 Å². The predicted octanol–water partition coefficient (Wildman–Crippen LogP) is 3.09. The molecule has 1 saturated heterocycles. The van der Waals surface area contributed by atoms with Gasteiger partial charge in [0.1, 0.15) is 0 Å². The fraction of sp³-hybridized carbons (Fsp3) is 0.316. The van der Waals surface area contributed by atoms with Crippen LogP contribution in [0.3, 0.4) is 0 Å². The molecular weight excluding hydrogens is 348 g/mol. The van der Waals surface area contributed by atoms with E-state index in [-0.39, 0.29) is 0 Å². The molecule has 0 amide bonds. The van der Waals surface area contributed by atoms with Crippen LogP contribution in [0.5, 0.6) is 0 Å². The molecule has 1 aliphatic rings. The summed E-state index contributed by atoms with van der Waals surface area (Å²) in [4.78, 5) is 15.3. The first-order valence-corrected chi connectivity index (χ1v) is 9.22. The Morgan fingerprint density at radius 3 is 2.81 bits per heavy atom. The zero-order valence-electron chi connectivity index (χ0n) is 14.5. The van der Waals surface area contributed by atoms with Crippen molar-refractivity contribution >= 4 is 34.0 Å².